The first-order chi connectivity index (χ1) is 9.38. The van der Waals surface area contributed by atoms with Crippen LogP contribution in [0.5, 0.6) is 0 Å². The molecule has 0 bridgehead atoms. The van der Waals surface area contributed by atoms with Crippen molar-refractivity contribution < 1.29 is 9.72 Å². The number of nitrogens with two attached hydrogens (primary N) is 1. The van der Waals surface area contributed by atoms with Crippen LogP contribution in [0.1, 0.15) is 21.9 Å². The Morgan fingerprint density at radius 2 is 1.95 bits per heavy atom. The molecular weight excluding hydrogens is 260 g/mol. The van der Waals surface area contributed by atoms with Gasteiger partial charge >= 0.3 is 0 Å². The number of carbonyl (C=O) groups is 1. The predicted octanol–water partition coefficient (Wildman–Crippen LogP) is 1.77. The van der Waals surface area contributed by atoms with Crippen molar-refractivity contribution in [2.24, 2.45) is 5.73 Å². The first kappa shape index (κ1) is 13.6. The van der Waals surface area contributed by atoms with Gasteiger partial charge in [0.1, 0.15) is 5.82 Å². The second kappa shape index (κ2) is 5.04. The molecule has 0 spiro atoms. The molecule has 0 radical (unpaired) electrons. The van der Waals surface area contributed by atoms with Crippen molar-refractivity contribution >= 4 is 11.6 Å². The summed E-state index contributed by atoms with van der Waals surface area (Å²) >= 11 is 0. The maximum Gasteiger partial charge on any atom is 0.270 e. The normalized spacial score (nSPS) is 10.3. The number of non-ortho nitro benzene ring substituents is 1. The molecule has 102 valence electrons. The van der Waals surface area contributed by atoms with Gasteiger partial charge in [-0.25, -0.2) is 9.97 Å². The van der Waals surface area contributed by atoms with Gasteiger partial charge in [-0.1, -0.05) is 0 Å². The number of nitro benzene ring substituents is 1. The fourth-order valence-electron chi connectivity index (χ4n) is 1.93. The topological polar surface area (TPSA) is 112 Å². The zero-order valence-corrected chi connectivity index (χ0v) is 11.0. The Hall–Kier alpha value is -2.83. The third kappa shape index (κ3) is 2.61. The summed E-state index contributed by atoms with van der Waals surface area (Å²) in [5.74, 6) is -0.147. The first-order valence-corrected chi connectivity index (χ1v) is 5.79. The number of primary amides is 1. The van der Waals surface area contributed by atoms with Crippen molar-refractivity contribution in [1.82, 2.24) is 9.97 Å². The van der Waals surface area contributed by atoms with Crippen molar-refractivity contribution in [1.29, 1.82) is 0 Å². The zero-order chi connectivity index (χ0) is 14.9. The second-order valence-corrected chi connectivity index (χ2v) is 4.29. The molecule has 7 nitrogen and oxygen atoms in total. The fourth-order valence-corrected chi connectivity index (χ4v) is 1.93. The van der Waals surface area contributed by atoms with Crippen LogP contribution in [0, 0.1) is 24.0 Å². The highest BCUT2D eigenvalue weighted by Crippen LogP contribution is 2.27. The lowest BCUT2D eigenvalue weighted by Gasteiger charge is -2.07. The fraction of sp³-hybridized carbons (Fsp3) is 0.154. The van der Waals surface area contributed by atoms with Crippen LogP contribution >= 0.6 is 0 Å². The van der Waals surface area contributed by atoms with Gasteiger partial charge in [0.05, 0.1) is 10.6 Å². The molecule has 0 fully saturated rings. The monoisotopic (exact) mass is 272 g/mol. The number of aromatic nitrogens is 2. The van der Waals surface area contributed by atoms with Crippen LogP contribution in [0.2, 0.25) is 0 Å². The zero-order valence-electron chi connectivity index (χ0n) is 11.0. The molecule has 0 aliphatic heterocycles. The number of amides is 1. The Morgan fingerprint density at radius 1 is 1.25 bits per heavy atom. The third-order valence-electron chi connectivity index (χ3n) is 2.72. The Bertz CT molecular complexity index is 693. The van der Waals surface area contributed by atoms with Gasteiger partial charge in [0.2, 0.25) is 5.91 Å². The molecule has 0 atom stereocenters. The van der Waals surface area contributed by atoms with Crippen LogP contribution in [-0.4, -0.2) is 20.8 Å². The maximum atomic E-state index is 11.5. The summed E-state index contributed by atoms with van der Waals surface area (Å²) in [5, 5.41) is 10.9. The van der Waals surface area contributed by atoms with Crippen molar-refractivity contribution in [2.75, 3.05) is 0 Å². The Kier molecular flexibility index (Phi) is 3.43. The predicted molar refractivity (Wildman–Crippen MR) is 72.1 cm³/mol. The second-order valence-electron chi connectivity index (χ2n) is 4.29. The number of hydrogen-bond donors (Lipinski definition) is 1. The number of benzene rings is 1. The molecule has 2 rings (SSSR count). The van der Waals surface area contributed by atoms with Crippen molar-refractivity contribution in [3.05, 3.63) is 51.5 Å². The molecule has 0 aliphatic carbocycles. The first-order valence-electron chi connectivity index (χ1n) is 5.79. The molecule has 1 aromatic heterocycles. The Morgan fingerprint density at radius 3 is 2.50 bits per heavy atom. The van der Waals surface area contributed by atoms with Crippen LogP contribution in [0.3, 0.4) is 0 Å². The van der Waals surface area contributed by atoms with Gasteiger partial charge < -0.3 is 5.73 Å². The van der Waals surface area contributed by atoms with E-state index in [1.165, 1.54) is 18.2 Å². The van der Waals surface area contributed by atoms with Gasteiger partial charge in [-0.3, -0.25) is 14.9 Å². The van der Waals surface area contributed by atoms with E-state index < -0.39 is 10.8 Å². The van der Waals surface area contributed by atoms with E-state index in [9.17, 15) is 14.9 Å². The van der Waals surface area contributed by atoms with Gasteiger partial charge in [-0.15, -0.1) is 0 Å². The third-order valence-corrected chi connectivity index (χ3v) is 2.72. The van der Waals surface area contributed by atoms with Gasteiger partial charge in [-0.2, -0.15) is 0 Å². The Balaban J connectivity index is 2.71. The largest absolute Gasteiger partial charge is 0.366 e. The standard InChI is InChI=1S/C13H12N4O3/c1-7-5-12(16-8(2)15-7)11-6-9(17(19)20)3-4-10(11)13(14)18/h3-6H,1-2H3,(H2,14,18). The summed E-state index contributed by atoms with van der Waals surface area (Å²) in [5.41, 5.74) is 6.84. The van der Waals surface area contributed by atoms with Gasteiger partial charge in [0, 0.05) is 29.0 Å². The quantitative estimate of drug-likeness (QED) is 0.675. The van der Waals surface area contributed by atoms with Crippen LogP contribution in [-0.2, 0) is 0 Å². The number of aryl methyl sites for hydroxylation is 2. The molecule has 0 aliphatic rings. The highest BCUT2D eigenvalue weighted by atomic mass is 16.6. The molecule has 1 aromatic carbocycles. The molecule has 2 N–H and O–H groups in total. The molecular formula is C13H12N4O3. The molecule has 0 unspecified atom stereocenters. The van der Waals surface area contributed by atoms with E-state index in [4.69, 9.17) is 5.73 Å². The van der Waals surface area contributed by atoms with E-state index in [-0.39, 0.29) is 11.3 Å². The lowest BCUT2D eigenvalue weighted by Crippen LogP contribution is -2.13. The molecule has 0 saturated heterocycles. The van der Waals surface area contributed by atoms with Crippen molar-refractivity contribution in [3.63, 3.8) is 0 Å². The van der Waals surface area contributed by atoms with E-state index in [0.717, 1.165) is 0 Å². The lowest BCUT2D eigenvalue weighted by molar-refractivity contribution is -0.384. The van der Waals surface area contributed by atoms with E-state index in [1.807, 2.05) is 0 Å². The van der Waals surface area contributed by atoms with E-state index in [2.05, 4.69) is 9.97 Å². The van der Waals surface area contributed by atoms with Gasteiger partial charge in [0.25, 0.3) is 5.69 Å². The molecule has 20 heavy (non-hydrogen) atoms. The minimum absolute atomic E-state index is 0.126. The molecule has 2 aromatic rings. The molecule has 0 saturated carbocycles. The molecule has 7 heteroatoms. The number of nitrogens with zero attached hydrogens (tertiary/aromatic N) is 3. The number of hydrogen-bond acceptors (Lipinski definition) is 5. The number of carbonyl (C=O) groups excluding carboxylic acids is 1. The van der Waals surface area contributed by atoms with E-state index in [1.54, 1.807) is 19.9 Å². The summed E-state index contributed by atoms with van der Waals surface area (Å²) in [7, 11) is 0. The van der Waals surface area contributed by atoms with Crippen molar-refractivity contribution in [3.8, 4) is 11.3 Å². The minimum Gasteiger partial charge on any atom is -0.366 e. The SMILES string of the molecule is Cc1cc(-c2cc([N+](=O)[O-])ccc2C(N)=O)nc(C)n1. The minimum atomic E-state index is -0.663. The van der Waals surface area contributed by atoms with E-state index in [0.29, 0.717) is 22.8 Å². The summed E-state index contributed by atoms with van der Waals surface area (Å²) in [6.45, 7) is 3.48. The average molecular weight is 272 g/mol. The van der Waals surface area contributed by atoms with Crippen LogP contribution in [0.4, 0.5) is 5.69 Å². The highest BCUT2D eigenvalue weighted by molar-refractivity contribution is 5.99. The van der Waals surface area contributed by atoms with Crippen LogP contribution in [0.15, 0.2) is 24.3 Å². The molecule has 1 heterocycles. The van der Waals surface area contributed by atoms with E-state index >= 15 is 0 Å². The number of rotatable bonds is 3. The Labute approximate surface area is 114 Å². The van der Waals surface area contributed by atoms with Gasteiger partial charge in [0.15, 0.2) is 0 Å². The average Bonchev–Trinajstić information content (AvgIpc) is 2.36. The summed E-state index contributed by atoms with van der Waals surface area (Å²) in [4.78, 5) is 30.1. The molecule has 1 amide bonds. The highest BCUT2D eigenvalue weighted by Gasteiger charge is 2.17. The maximum absolute atomic E-state index is 11.5. The smallest absolute Gasteiger partial charge is 0.270 e. The van der Waals surface area contributed by atoms with Gasteiger partial charge in [-0.05, 0) is 26.0 Å². The van der Waals surface area contributed by atoms with Crippen LogP contribution < -0.4 is 5.73 Å². The number of nitro groups is 1. The lowest BCUT2D eigenvalue weighted by atomic mass is 10.0. The van der Waals surface area contributed by atoms with Crippen LogP contribution in [0.25, 0.3) is 11.3 Å². The summed E-state index contributed by atoms with van der Waals surface area (Å²) < 4.78 is 0. The summed E-state index contributed by atoms with van der Waals surface area (Å²) in [6.07, 6.45) is 0. The summed E-state index contributed by atoms with van der Waals surface area (Å²) in [6, 6.07) is 5.52. The van der Waals surface area contributed by atoms with Crippen molar-refractivity contribution in [2.45, 2.75) is 13.8 Å².